The fraction of sp³-hybridized carbons (Fsp3) is 0.625. The van der Waals surface area contributed by atoms with Crippen LogP contribution < -0.4 is 5.73 Å². The fourth-order valence-electron chi connectivity index (χ4n) is 0.791. The van der Waals surface area contributed by atoms with Crippen molar-refractivity contribution in [3.05, 3.63) is 0 Å². The minimum atomic E-state index is -0.505. The van der Waals surface area contributed by atoms with Crippen LogP contribution in [0.5, 0.6) is 0 Å². The number of amides is 2. The van der Waals surface area contributed by atoms with Crippen LogP contribution in [0.2, 0.25) is 0 Å². The van der Waals surface area contributed by atoms with Gasteiger partial charge in [0.1, 0.15) is 0 Å². The third kappa shape index (κ3) is 5.69. The molecule has 1 heterocycles. The zero-order valence-corrected chi connectivity index (χ0v) is 8.27. The van der Waals surface area contributed by atoms with Crippen LogP contribution in [0.1, 0.15) is 19.3 Å². The van der Waals surface area contributed by atoms with Gasteiger partial charge in [0.05, 0.1) is 12.6 Å². The van der Waals surface area contributed by atoms with Gasteiger partial charge in [0.25, 0.3) is 11.8 Å². The van der Waals surface area contributed by atoms with Gasteiger partial charge in [0.2, 0.25) is 0 Å². The summed E-state index contributed by atoms with van der Waals surface area (Å²) >= 11 is 0. The van der Waals surface area contributed by atoms with Crippen molar-refractivity contribution in [3.63, 3.8) is 0 Å². The largest absolute Gasteiger partial charge is 0.330 e. The molecule has 0 aromatic rings. The van der Waals surface area contributed by atoms with Crippen molar-refractivity contribution in [2.75, 3.05) is 13.1 Å². The first-order chi connectivity index (χ1) is 7.13. The number of hydrogen-bond acceptors (Lipinski definition) is 6. The highest BCUT2D eigenvalue weighted by atomic mass is 16.5. The van der Waals surface area contributed by atoms with E-state index in [1.807, 2.05) is 6.01 Å². The van der Waals surface area contributed by atoms with Gasteiger partial charge in [0, 0.05) is 12.8 Å². The Balaban J connectivity index is 0.000000265. The third-order valence-corrected chi connectivity index (χ3v) is 1.58. The molecular formula is C8H14N4O3. The number of hydrogen-bond donors (Lipinski definition) is 3. The van der Waals surface area contributed by atoms with Crippen LogP contribution >= 0.6 is 0 Å². The van der Waals surface area contributed by atoms with Crippen molar-refractivity contribution < 1.29 is 14.8 Å². The molecule has 0 radical (unpaired) electrons. The molecule has 0 aliphatic carbocycles. The van der Waals surface area contributed by atoms with Crippen LogP contribution in [0.15, 0.2) is 4.99 Å². The van der Waals surface area contributed by atoms with E-state index in [0.717, 1.165) is 6.42 Å². The molecule has 0 spiro atoms. The van der Waals surface area contributed by atoms with E-state index in [4.69, 9.17) is 16.4 Å². The van der Waals surface area contributed by atoms with Crippen molar-refractivity contribution in [2.24, 2.45) is 10.7 Å². The molecule has 0 atom stereocenters. The smallest absolute Gasteiger partial charge is 0.253 e. The number of rotatable bonds is 3. The molecule has 1 fully saturated rings. The van der Waals surface area contributed by atoms with Gasteiger partial charge < -0.3 is 5.73 Å². The first-order valence-corrected chi connectivity index (χ1v) is 4.46. The minimum Gasteiger partial charge on any atom is -0.330 e. The molecule has 1 saturated heterocycles. The summed E-state index contributed by atoms with van der Waals surface area (Å²) in [5.74, 6) is -1.01. The lowest BCUT2D eigenvalue weighted by molar-refractivity contribution is -0.171. The van der Waals surface area contributed by atoms with E-state index in [9.17, 15) is 9.59 Å². The van der Waals surface area contributed by atoms with Gasteiger partial charge in [-0.15, -0.1) is 0 Å². The zero-order chi connectivity index (χ0) is 11.7. The average molecular weight is 214 g/mol. The topological polar surface area (TPSA) is 120 Å². The monoisotopic (exact) mass is 214 g/mol. The minimum absolute atomic E-state index is 0.148. The third-order valence-electron chi connectivity index (χ3n) is 1.58. The normalized spacial score (nSPS) is 14.4. The summed E-state index contributed by atoms with van der Waals surface area (Å²) in [5.41, 5.74) is 5.12. The summed E-state index contributed by atoms with van der Waals surface area (Å²) in [5, 5.41) is 14.9. The van der Waals surface area contributed by atoms with Crippen LogP contribution in [-0.2, 0) is 9.59 Å². The molecule has 0 saturated carbocycles. The summed E-state index contributed by atoms with van der Waals surface area (Å²) in [4.78, 5) is 24.0. The summed E-state index contributed by atoms with van der Waals surface area (Å²) < 4.78 is 0. The molecule has 0 unspecified atom stereocenters. The van der Waals surface area contributed by atoms with Gasteiger partial charge in [0.15, 0.2) is 0 Å². The number of nitrogens with two attached hydrogens (primary N) is 1. The molecule has 7 heteroatoms. The predicted molar refractivity (Wildman–Crippen MR) is 51.6 cm³/mol. The molecule has 1 rings (SSSR count). The van der Waals surface area contributed by atoms with Gasteiger partial charge in [-0.3, -0.25) is 14.8 Å². The second kappa shape index (κ2) is 7.81. The summed E-state index contributed by atoms with van der Waals surface area (Å²) in [7, 11) is 0. The first kappa shape index (κ1) is 13.4. The zero-order valence-electron chi connectivity index (χ0n) is 8.27. The Morgan fingerprint density at radius 3 is 2.27 bits per heavy atom. The standard InChI is InChI=1S/C4H9N3.C4H5NO3/c5-2-1-3-7-4-6;6-3-1-2-4(7)5(3)8/h6H,1-3,5H2;8H,1-2H2. The van der Waals surface area contributed by atoms with E-state index in [2.05, 4.69) is 4.99 Å². The second-order valence-electron chi connectivity index (χ2n) is 2.74. The molecule has 7 nitrogen and oxygen atoms in total. The van der Waals surface area contributed by atoms with Crippen LogP contribution in [0.4, 0.5) is 0 Å². The predicted octanol–water partition coefficient (Wildman–Crippen LogP) is -0.388. The summed E-state index contributed by atoms with van der Waals surface area (Å²) in [6.45, 7) is 1.28. The Morgan fingerprint density at radius 2 is 2.00 bits per heavy atom. The lowest BCUT2D eigenvalue weighted by atomic mass is 10.4. The molecular weight excluding hydrogens is 200 g/mol. The lowest BCUT2D eigenvalue weighted by Crippen LogP contribution is -2.24. The molecule has 15 heavy (non-hydrogen) atoms. The van der Waals surface area contributed by atoms with E-state index >= 15 is 0 Å². The number of carbonyl (C=O) groups excluding carboxylic acids is 2. The van der Waals surface area contributed by atoms with Gasteiger partial charge in [-0.1, -0.05) is 0 Å². The molecule has 0 aromatic heterocycles. The van der Waals surface area contributed by atoms with Crippen LogP contribution in [-0.4, -0.2) is 41.2 Å². The molecule has 1 aliphatic heterocycles. The molecule has 2 amide bonds. The molecule has 4 N–H and O–H groups in total. The van der Waals surface area contributed by atoms with E-state index in [-0.39, 0.29) is 17.9 Å². The Bertz CT molecular complexity index is 257. The SMILES string of the molecule is N=C=NCCCN.O=C1CCC(=O)N1O. The van der Waals surface area contributed by atoms with Gasteiger partial charge in [-0.2, -0.15) is 5.06 Å². The highest BCUT2D eigenvalue weighted by Gasteiger charge is 2.26. The summed E-state index contributed by atoms with van der Waals surface area (Å²) in [6, 6.07) is 1.92. The quantitative estimate of drug-likeness (QED) is 0.256. The van der Waals surface area contributed by atoms with Crippen LogP contribution in [0.3, 0.4) is 0 Å². The van der Waals surface area contributed by atoms with Crippen molar-refractivity contribution in [2.45, 2.75) is 19.3 Å². The number of aliphatic imine (C=N–C) groups is 1. The Labute approximate surface area is 87.0 Å². The van der Waals surface area contributed by atoms with Crippen LogP contribution in [0, 0.1) is 5.41 Å². The maximum Gasteiger partial charge on any atom is 0.253 e. The number of nitrogens with zero attached hydrogens (tertiary/aromatic N) is 2. The lowest BCUT2D eigenvalue weighted by Gasteiger charge is -1.98. The highest BCUT2D eigenvalue weighted by Crippen LogP contribution is 2.06. The molecule has 1 aliphatic rings. The van der Waals surface area contributed by atoms with Gasteiger partial charge >= 0.3 is 0 Å². The number of carbonyl (C=O) groups is 2. The van der Waals surface area contributed by atoms with Gasteiger partial charge in [-0.25, -0.2) is 10.4 Å². The first-order valence-electron chi connectivity index (χ1n) is 4.46. The maximum absolute atomic E-state index is 10.2. The van der Waals surface area contributed by atoms with Gasteiger partial charge in [-0.05, 0) is 13.0 Å². The number of nitrogens with one attached hydrogen (secondary N) is 1. The Kier molecular flexibility index (Phi) is 7.00. The van der Waals surface area contributed by atoms with Crippen molar-refractivity contribution in [3.8, 4) is 0 Å². The Morgan fingerprint density at radius 1 is 1.47 bits per heavy atom. The maximum atomic E-state index is 10.2. The Hall–Kier alpha value is -1.56. The second-order valence-corrected chi connectivity index (χ2v) is 2.74. The van der Waals surface area contributed by atoms with E-state index in [1.165, 1.54) is 0 Å². The van der Waals surface area contributed by atoms with Crippen molar-refractivity contribution in [1.29, 1.82) is 5.41 Å². The molecule has 84 valence electrons. The highest BCUT2D eigenvalue weighted by molar-refractivity contribution is 6.00. The van der Waals surface area contributed by atoms with E-state index < -0.39 is 11.8 Å². The number of imide groups is 1. The summed E-state index contributed by atoms with van der Waals surface area (Å²) in [6.07, 6.45) is 1.15. The van der Waals surface area contributed by atoms with E-state index in [1.54, 1.807) is 0 Å². The average Bonchev–Trinajstić information content (AvgIpc) is 2.52. The molecule has 0 aromatic carbocycles. The fourth-order valence-corrected chi connectivity index (χ4v) is 0.791. The van der Waals surface area contributed by atoms with E-state index in [0.29, 0.717) is 13.1 Å². The van der Waals surface area contributed by atoms with Crippen LogP contribution in [0.25, 0.3) is 0 Å². The van der Waals surface area contributed by atoms with Crippen molar-refractivity contribution in [1.82, 2.24) is 5.06 Å². The number of hydroxylamine groups is 2. The molecule has 0 bridgehead atoms. The van der Waals surface area contributed by atoms with Crippen molar-refractivity contribution >= 4 is 17.8 Å².